The van der Waals surface area contributed by atoms with Crippen LogP contribution in [0, 0.1) is 5.92 Å². The largest absolute Gasteiger partial charge is 0.362 e. The van der Waals surface area contributed by atoms with Gasteiger partial charge in [0.15, 0.2) is 5.11 Å². The highest BCUT2D eigenvalue weighted by Crippen LogP contribution is 2.12. The fraction of sp³-hybridized carbons (Fsp3) is 0.923. The van der Waals surface area contributed by atoms with E-state index >= 15 is 0 Å². The molecule has 0 unspecified atom stereocenters. The van der Waals surface area contributed by atoms with E-state index in [1.807, 2.05) is 0 Å². The molecule has 0 aromatic carbocycles. The molecule has 1 rings (SSSR count). The standard InChI is InChI=1S/C13H27N3S/c1-10(2)9-14-13(17)15-12-5-7-16(8-6-12)11(3)4/h10-12H,5-9H2,1-4H3,(H2,14,15,17). The monoisotopic (exact) mass is 257 g/mol. The number of piperidine rings is 1. The molecular weight excluding hydrogens is 230 g/mol. The lowest BCUT2D eigenvalue weighted by Gasteiger charge is -2.35. The van der Waals surface area contributed by atoms with E-state index in [0.717, 1.165) is 11.7 Å². The maximum absolute atomic E-state index is 5.30. The highest BCUT2D eigenvalue weighted by molar-refractivity contribution is 7.80. The molecule has 1 aliphatic heterocycles. The predicted molar refractivity (Wildman–Crippen MR) is 78.3 cm³/mol. The number of nitrogens with one attached hydrogen (secondary N) is 2. The van der Waals surface area contributed by atoms with Crippen LogP contribution < -0.4 is 10.6 Å². The Hall–Kier alpha value is -0.350. The lowest BCUT2D eigenvalue weighted by atomic mass is 10.0. The lowest BCUT2D eigenvalue weighted by molar-refractivity contribution is 0.167. The summed E-state index contributed by atoms with van der Waals surface area (Å²) in [6.45, 7) is 12.2. The van der Waals surface area contributed by atoms with E-state index in [-0.39, 0.29) is 0 Å². The Kier molecular flexibility index (Phi) is 6.20. The fourth-order valence-electron chi connectivity index (χ4n) is 2.09. The van der Waals surface area contributed by atoms with Crippen LogP contribution in [-0.2, 0) is 0 Å². The van der Waals surface area contributed by atoms with Gasteiger partial charge >= 0.3 is 0 Å². The second kappa shape index (κ2) is 7.17. The molecule has 1 heterocycles. The summed E-state index contributed by atoms with van der Waals surface area (Å²) in [6.07, 6.45) is 2.39. The molecule has 1 fully saturated rings. The number of hydrogen-bond acceptors (Lipinski definition) is 2. The van der Waals surface area contributed by atoms with Crippen LogP contribution >= 0.6 is 12.2 Å². The van der Waals surface area contributed by atoms with Gasteiger partial charge in [0, 0.05) is 31.7 Å². The van der Waals surface area contributed by atoms with Gasteiger partial charge in [-0.25, -0.2) is 0 Å². The minimum absolute atomic E-state index is 0.553. The van der Waals surface area contributed by atoms with Crippen LogP contribution in [0.3, 0.4) is 0 Å². The van der Waals surface area contributed by atoms with E-state index in [9.17, 15) is 0 Å². The fourth-order valence-corrected chi connectivity index (χ4v) is 2.34. The van der Waals surface area contributed by atoms with E-state index < -0.39 is 0 Å². The van der Waals surface area contributed by atoms with Crippen LogP contribution in [0.4, 0.5) is 0 Å². The second-order valence-electron chi connectivity index (χ2n) is 5.65. The van der Waals surface area contributed by atoms with Gasteiger partial charge in [0.25, 0.3) is 0 Å². The van der Waals surface area contributed by atoms with Gasteiger partial charge in [-0.15, -0.1) is 0 Å². The van der Waals surface area contributed by atoms with Crippen molar-refractivity contribution in [3.63, 3.8) is 0 Å². The minimum atomic E-state index is 0.553. The van der Waals surface area contributed by atoms with Crippen molar-refractivity contribution in [2.45, 2.75) is 52.6 Å². The molecule has 0 bridgehead atoms. The Balaban J connectivity index is 2.19. The number of nitrogens with zero attached hydrogens (tertiary/aromatic N) is 1. The Morgan fingerprint density at radius 3 is 2.29 bits per heavy atom. The van der Waals surface area contributed by atoms with Gasteiger partial charge < -0.3 is 15.5 Å². The first kappa shape index (κ1) is 14.7. The highest BCUT2D eigenvalue weighted by atomic mass is 32.1. The topological polar surface area (TPSA) is 27.3 Å². The Morgan fingerprint density at radius 1 is 1.24 bits per heavy atom. The number of likely N-dealkylation sites (tertiary alicyclic amines) is 1. The SMILES string of the molecule is CC(C)CNC(=S)NC1CCN(C(C)C)CC1. The third-order valence-electron chi connectivity index (χ3n) is 3.27. The molecule has 0 radical (unpaired) electrons. The summed E-state index contributed by atoms with van der Waals surface area (Å²) in [5.41, 5.74) is 0. The summed E-state index contributed by atoms with van der Waals surface area (Å²) in [4.78, 5) is 2.53. The molecule has 0 aliphatic carbocycles. The van der Waals surface area contributed by atoms with Gasteiger partial charge in [-0.05, 0) is 44.8 Å². The van der Waals surface area contributed by atoms with E-state index in [1.165, 1.54) is 25.9 Å². The van der Waals surface area contributed by atoms with Crippen LogP contribution in [0.15, 0.2) is 0 Å². The van der Waals surface area contributed by atoms with Gasteiger partial charge in [-0.1, -0.05) is 13.8 Å². The molecule has 0 amide bonds. The third kappa shape index (κ3) is 5.68. The van der Waals surface area contributed by atoms with Gasteiger partial charge in [0.1, 0.15) is 0 Å². The van der Waals surface area contributed by atoms with Crippen molar-refractivity contribution >= 4 is 17.3 Å². The maximum atomic E-state index is 5.30. The molecule has 2 N–H and O–H groups in total. The molecule has 17 heavy (non-hydrogen) atoms. The molecule has 0 aromatic rings. The Morgan fingerprint density at radius 2 is 1.82 bits per heavy atom. The quantitative estimate of drug-likeness (QED) is 0.753. The van der Waals surface area contributed by atoms with E-state index in [4.69, 9.17) is 12.2 Å². The molecule has 1 saturated heterocycles. The first-order chi connectivity index (χ1) is 7.99. The summed E-state index contributed by atoms with van der Waals surface area (Å²) in [5.74, 6) is 0.637. The summed E-state index contributed by atoms with van der Waals surface area (Å²) in [5, 5.41) is 7.52. The van der Waals surface area contributed by atoms with Crippen molar-refractivity contribution in [1.82, 2.24) is 15.5 Å². The van der Waals surface area contributed by atoms with Gasteiger partial charge in [-0.3, -0.25) is 0 Å². The summed E-state index contributed by atoms with van der Waals surface area (Å²) in [7, 11) is 0. The Bertz CT molecular complexity index is 233. The molecule has 0 spiro atoms. The average molecular weight is 257 g/mol. The number of thiocarbonyl (C=S) groups is 1. The van der Waals surface area contributed by atoms with Crippen LogP contribution in [-0.4, -0.2) is 41.7 Å². The first-order valence-electron chi connectivity index (χ1n) is 6.77. The van der Waals surface area contributed by atoms with Crippen LogP contribution in [0.2, 0.25) is 0 Å². The van der Waals surface area contributed by atoms with Crippen LogP contribution in [0.25, 0.3) is 0 Å². The minimum Gasteiger partial charge on any atom is -0.362 e. The van der Waals surface area contributed by atoms with Gasteiger partial charge in [0.2, 0.25) is 0 Å². The van der Waals surface area contributed by atoms with Crippen molar-refractivity contribution in [2.75, 3.05) is 19.6 Å². The Labute approximate surface area is 111 Å². The molecular formula is C13H27N3S. The zero-order valence-corrected chi connectivity index (χ0v) is 12.4. The van der Waals surface area contributed by atoms with E-state index in [2.05, 4.69) is 43.2 Å². The smallest absolute Gasteiger partial charge is 0.166 e. The summed E-state index contributed by atoms with van der Waals surface area (Å²) >= 11 is 5.30. The molecule has 100 valence electrons. The van der Waals surface area contributed by atoms with Crippen molar-refractivity contribution in [3.8, 4) is 0 Å². The second-order valence-corrected chi connectivity index (χ2v) is 6.06. The highest BCUT2D eigenvalue weighted by Gasteiger charge is 2.20. The van der Waals surface area contributed by atoms with Gasteiger partial charge in [0.05, 0.1) is 0 Å². The zero-order chi connectivity index (χ0) is 12.8. The van der Waals surface area contributed by atoms with Crippen LogP contribution in [0.5, 0.6) is 0 Å². The first-order valence-corrected chi connectivity index (χ1v) is 7.18. The third-order valence-corrected chi connectivity index (χ3v) is 3.53. The van der Waals surface area contributed by atoms with Crippen molar-refractivity contribution in [2.24, 2.45) is 5.92 Å². The number of hydrogen-bond donors (Lipinski definition) is 2. The summed E-state index contributed by atoms with van der Waals surface area (Å²) < 4.78 is 0. The summed E-state index contributed by atoms with van der Waals surface area (Å²) in [6, 6.07) is 1.22. The van der Waals surface area contributed by atoms with Crippen molar-refractivity contribution in [1.29, 1.82) is 0 Å². The van der Waals surface area contributed by atoms with Crippen molar-refractivity contribution in [3.05, 3.63) is 0 Å². The van der Waals surface area contributed by atoms with Crippen molar-refractivity contribution < 1.29 is 0 Å². The van der Waals surface area contributed by atoms with E-state index in [0.29, 0.717) is 18.0 Å². The lowest BCUT2D eigenvalue weighted by Crippen LogP contribution is -2.49. The molecule has 0 saturated carbocycles. The number of rotatable bonds is 4. The maximum Gasteiger partial charge on any atom is 0.166 e. The average Bonchev–Trinajstić information content (AvgIpc) is 2.27. The molecule has 0 atom stereocenters. The molecule has 1 aliphatic rings. The van der Waals surface area contributed by atoms with Gasteiger partial charge in [-0.2, -0.15) is 0 Å². The molecule has 4 heteroatoms. The molecule has 0 aromatic heterocycles. The normalized spacial score (nSPS) is 18.7. The van der Waals surface area contributed by atoms with Crippen LogP contribution in [0.1, 0.15) is 40.5 Å². The van der Waals surface area contributed by atoms with E-state index in [1.54, 1.807) is 0 Å². The predicted octanol–water partition coefficient (Wildman–Crippen LogP) is 1.98. The zero-order valence-electron chi connectivity index (χ0n) is 11.6. The molecule has 3 nitrogen and oxygen atoms in total.